The highest BCUT2D eigenvalue weighted by molar-refractivity contribution is 5.73. The average Bonchev–Trinajstić information content (AvgIpc) is 2.64. The molecular weight excluding hydrogens is 188 g/mol. The Morgan fingerprint density at radius 2 is 2.71 bits per heavy atom. The molecule has 1 atom stereocenters. The summed E-state index contributed by atoms with van der Waals surface area (Å²) in [6.45, 7) is 0. The van der Waals surface area contributed by atoms with Crippen LogP contribution in [-0.4, -0.2) is 27.1 Å². The molecule has 0 aliphatic carbocycles. The summed E-state index contributed by atoms with van der Waals surface area (Å²) in [7, 11) is 0. The second kappa shape index (κ2) is 4.73. The van der Waals surface area contributed by atoms with E-state index in [4.69, 9.17) is 10.6 Å². The summed E-state index contributed by atoms with van der Waals surface area (Å²) in [6, 6.07) is -0.952. The number of imidazole rings is 1. The maximum Gasteiger partial charge on any atom is 0.349 e. The molecule has 1 heterocycles. The number of nitrogens with zero attached hydrogens (tertiary/aromatic N) is 4. The zero-order valence-corrected chi connectivity index (χ0v) is 7.08. The summed E-state index contributed by atoms with van der Waals surface area (Å²) < 4.78 is 0. The van der Waals surface area contributed by atoms with Gasteiger partial charge in [0.1, 0.15) is 0 Å². The van der Waals surface area contributed by atoms with Gasteiger partial charge in [0.15, 0.2) is 6.04 Å². The molecule has 8 heteroatoms. The number of azide groups is 1. The van der Waals surface area contributed by atoms with Gasteiger partial charge in [-0.3, -0.25) is 0 Å². The molecule has 14 heavy (non-hydrogen) atoms. The largest absolute Gasteiger partial charge is 0.478 e. The van der Waals surface area contributed by atoms with E-state index in [1.807, 2.05) is 0 Å². The maximum atomic E-state index is 10.7. The Labute approximate surface area is 78.6 Å². The minimum atomic E-state index is -1.09. The van der Waals surface area contributed by atoms with Crippen LogP contribution >= 0.6 is 0 Å². The standard InChI is InChI=1S/C6H8N6O2/c7-11-12-10-5(6(13)14)1-4-2-8-3-9-4/h2-3,5,10H,1H2,(H,8,9)(H,13,14)/t5-/m0/s1. The molecule has 0 aliphatic rings. The highest BCUT2D eigenvalue weighted by atomic mass is 16.4. The molecule has 0 saturated heterocycles. The van der Waals surface area contributed by atoms with Gasteiger partial charge in [-0.1, -0.05) is 0 Å². The molecule has 0 unspecified atom stereocenters. The van der Waals surface area contributed by atoms with Crippen molar-refractivity contribution in [2.24, 2.45) is 5.22 Å². The van der Waals surface area contributed by atoms with Crippen molar-refractivity contribution in [3.8, 4) is 0 Å². The van der Waals surface area contributed by atoms with Gasteiger partial charge in [-0.15, -0.1) is 5.53 Å². The third-order valence-corrected chi connectivity index (χ3v) is 1.54. The lowest BCUT2D eigenvalue weighted by molar-refractivity contribution is -0.139. The number of aromatic amines is 1. The van der Waals surface area contributed by atoms with Crippen molar-refractivity contribution in [2.75, 3.05) is 0 Å². The lowest BCUT2D eigenvalue weighted by atomic mass is 10.2. The van der Waals surface area contributed by atoms with E-state index in [2.05, 4.69) is 25.5 Å². The fourth-order valence-electron chi connectivity index (χ4n) is 0.900. The van der Waals surface area contributed by atoms with E-state index < -0.39 is 12.0 Å². The molecule has 1 aromatic rings. The van der Waals surface area contributed by atoms with Crippen LogP contribution in [0.3, 0.4) is 0 Å². The normalized spacial score (nSPS) is 11.4. The molecule has 0 aliphatic heterocycles. The Balaban J connectivity index is 2.60. The summed E-state index contributed by atoms with van der Waals surface area (Å²) >= 11 is 0. The first-order valence-corrected chi connectivity index (χ1v) is 3.73. The Bertz CT molecular complexity index is 341. The van der Waals surface area contributed by atoms with Crippen molar-refractivity contribution in [2.45, 2.75) is 12.5 Å². The fourth-order valence-corrected chi connectivity index (χ4v) is 0.900. The van der Waals surface area contributed by atoms with Crippen molar-refractivity contribution in [1.82, 2.24) is 15.4 Å². The van der Waals surface area contributed by atoms with Crippen LogP contribution in [0, 0.1) is 0 Å². The van der Waals surface area contributed by atoms with Crippen LogP contribution in [0.15, 0.2) is 17.7 Å². The van der Waals surface area contributed by atoms with E-state index in [0.717, 1.165) is 0 Å². The lowest BCUT2D eigenvalue weighted by Crippen LogP contribution is -2.34. The van der Waals surface area contributed by atoms with Crippen LogP contribution in [0.4, 0.5) is 0 Å². The summed E-state index contributed by atoms with van der Waals surface area (Å²) in [5, 5.41) is 11.7. The molecule has 0 saturated carbocycles. The first-order valence-electron chi connectivity index (χ1n) is 3.73. The van der Waals surface area contributed by atoms with E-state index in [1.54, 1.807) is 0 Å². The average molecular weight is 196 g/mol. The molecule has 0 aromatic carbocycles. The number of hydrogen-bond acceptors (Lipinski definition) is 3. The highest BCUT2D eigenvalue weighted by Gasteiger charge is 2.20. The van der Waals surface area contributed by atoms with Crippen LogP contribution in [-0.2, 0) is 11.2 Å². The molecule has 74 valence electrons. The first-order chi connectivity index (χ1) is 6.74. The second-order valence-electron chi connectivity index (χ2n) is 2.49. The number of H-pyrrole nitrogens is 1. The predicted octanol–water partition coefficient (Wildman–Crippen LogP) is 0.220. The highest BCUT2D eigenvalue weighted by Crippen LogP contribution is 1.98. The van der Waals surface area contributed by atoms with Gasteiger partial charge >= 0.3 is 5.97 Å². The van der Waals surface area contributed by atoms with Gasteiger partial charge in [-0.05, 0) is 5.22 Å². The molecule has 0 spiro atoms. The number of nitrogens with one attached hydrogen (secondary N) is 2. The molecule has 0 fully saturated rings. The number of carboxylic acid groups (broad SMARTS) is 1. The molecule has 1 aromatic heterocycles. The second-order valence-corrected chi connectivity index (χ2v) is 2.49. The maximum absolute atomic E-state index is 10.7. The third kappa shape index (κ3) is 2.68. The summed E-state index contributed by atoms with van der Waals surface area (Å²) in [6.07, 6.45) is 3.13. The van der Waals surface area contributed by atoms with Crippen molar-refractivity contribution in [3.05, 3.63) is 28.7 Å². The molecule has 0 amide bonds. The van der Waals surface area contributed by atoms with Crippen molar-refractivity contribution < 1.29 is 9.90 Å². The number of hydrogen-bond donors (Lipinski definition) is 3. The minimum absolute atomic E-state index is 0.175. The molecular formula is C6H8N6O2. The number of rotatable bonds is 5. The number of carbonyl (C=O) groups is 1. The molecule has 0 bridgehead atoms. The topological polar surface area (TPSA) is 127 Å². The Kier molecular flexibility index (Phi) is 3.33. The summed E-state index contributed by atoms with van der Waals surface area (Å²) in [5.41, 5.74) is 10.8. The smallest absolute Gasteiger partial charge is 0.349 e. The van der Waals surface area contributed by atoms with Crippen LogP contribution in [0.25, 0.3) is 10.4 Å². The van der Waals surface area contributed by atoms with Gasteiger partial charge in [0, 0.05) is 18.3 Å². The molecule has 8 nitrogen and oxygen atoms in total. The summed E-state index contributed by atoms with van der Waals surface area (Å²) in [5.74, 6) is -1.09. The predicted molar refractivity (Wildman–Crippen MR) is 46.0 cm³/mol. The third-order valence-electron chi connectivity index (χ3n) is 1.54. The monoisotopic (exact) mass is 196 g/mol. The lowest BCUT2D eigenvalue weighted by Gasteiger charge is -2.05. The number of carboxylic acids is 1. The zero-order chi connectivity index (χ0) is 10.4. The Hall–Kier alpha value is -2.21. The SMILES string of the molecule is [N-]=[N+]=NN[C@@H](Cc1cnc[nH]1)C(=O)O. The summed E-state index contributed by atoms with van der Waals surface area (Å²) in [4.78, 5) is 19.5. The van der Waals surface area contributed by atoms with Gasteiger partial charge in [-0.25, -0.2) is 15.2 Å². The Morgan fingerprint density at radius 1 is 1.93 bits per heavy atom. The van der Waals surface area contributed by atoms with Gasteiger partial charge in [0.05, 0.1) is 6.33 Å². The number of aliphatic carboxylic acids is 1. The van der Waals surface area contributed by atoms with E-state index in [-0.39, 0.29) is 6.42 Å². The van der Waals surface area contributed by atoms with Crippen LogP contribution < -0.4 is 5.43 Å². The van der Waals surface area contributed by atoms with Crippen LogP contribution in [0.1, 0.15) is 5.69 Å². The van der Waals surface area contributed by atoms with E-state index in [9.17, 15) is 4.79 Å². The quantitative estimate of drug-likeness (QED) is 0.269. The molecule has 3 N–H and O–H groups in total. The minimum Gasteiger partial charge on any atom is -0.478 e. The van der Waals surface area contributed by atoms with Gasteiger partial charge in [0.25, 0.3) is 0 Å². The molecule has 0 radical (unpaired) electrons. The molecule has 1 rings (SSSR count). The van der Waals surface area contributed by atoms with E-state index in [0.29, 0.717) is 5.69 Å². The van der Waals surface area contributed by atoms with Gasteiger partial charge in [-0.2, -0.15) is 4.91 Å². The van der Waals surface area contributed by atoms with Crippen LogP contribution in [0.2, 0.25) is 0 Å². The van der Waals surface area contributed by atoms with E-state index >= 15 is 0 Å². The van der Waals surface area contributed by atoms with Crippen molar-refractivity contribution in [3.63, 3.8) is 0 Å². The number of aromatic nitrogens is 2. The van der Waals surface area contributed by atoms with Crippen molar-refractivity contribution >= 4 is 5.97 Å². The first kappa shape index (κ1) is 9.87. The van der Waals surface area contributed by atoms with E-state index in [1.165, 1.54) is 12.5 Å². The van der Waals surface area contributed by atoms with Gasteiger partial charge < -0.3 is 10.1 Å². The van der Waals surface area contributed by atoms with Crippen LogP contribution in [0.5, 0.6) is 0 Å². The zero-order valence-electron chi connectivity index (χ0n) is 7.08. The van der Waals surface area contributed by atoms with Crippen molar-refractivity contribution in [1.29, 1.82) is 0 Å². The fraction of sp³-hybridized carbons (Fsp3) is 0.333. The van der Waals surface area contributed by atoms with Gasteiger partial charge in [0.2, 0.25) is 0 Å². The Morgan fingerprint density at radius 3 is 3.21 bits per heavy atom.